The van der Waals surface area contributed by atoms with Gasteiger partial charge in [0.25, 0.3) is 0 Å². The molecular formula is C13H18N6O3. The van der Waals surface area contributed by atoms with Gasteiger partial charge in [0.2, 0.25) is 5.91 Å². The summed E-state index contributed by atoms with van der Waals surface area (Å²) in [4.78, 5) is 23.9. The van der Waals surface area contributed by atoms with Crippen molar-refractivity contribution in [3.63, 3.8) is 0 Å². The highest BCUT2D eigenvalue weighted by atomic mass is 16.6. The van der Waals surface area contributed by atoms with Crippen LogP contribution in [0, 0.1) is 17.0 Å². The number of nitrogens with zero attached hydrogens (tertiary/aromatic N) is 6. The Bertz CT molecular complexity index is 690. The second kappa shape index (κ2) is 6.37. The molecule has 0 fully saturated rings. The quantitative estimate of drug-likeness (QED) is 0.585. The fourth-order valence-electron chi connectivity index (χ4n) is 2.02. The van der Waals surface area contributed by atoms with E-state index in [0.29, 0.717) is 12.2 Å². The zero-order chi connectivity index (χ0) is 16.3. The molecule has 0 N–H and O–H groups in total. The molecule has 0 atom stereocenters. The molecule has 9 heteroatoms. The van der Waals surface area contributed by atoms with Crippen LogP contribution in [-0.2, 0) is 24.4 Å². The first kappa shape index (κ1) is 15.7. The summed E-state index contributed by atoms with van der Waals surface area (Å²) in [7, 11) is 1.66. The van der Waals surface area contributed by atoms with Crippen molar-refractivity contribution >= 4 is 11.6 Å². The molecule has 0 aliphatic rings. The molecule has 9 nitrogen and oxygen atoms in total. The van der Waals surface area contributed by atoms with E-state index in [-0.39, 0.29) is 18.1 Å². The molecule has 0 saturated carbocycles. The zero-order valence-electron chi connectivity index (χ0n) is 12.8. The molecule has 22 heavy (non-hydrogen) atoms. The minimum Gasteiger partial charge on any atom is -0.338 e. The van der Waals surface area contributed by atoms with Gasteiger partial charge in [0.05, 0.1) is 17.2 Å². The summed E-state index contributed by atoms with van der Waals surface area (Å²) in [5.41, 5.74) is 1.000. The number of aryl methyl sites for hydroxylation is 2. The fraction of sp³-hybridized carbons (Fsp3) is 0.462. The van der Waals surface area contributed by atoms with Crippen molar-refractivity contribution in [1.82, 2.24) is 24.5 Å². The molecule has 2 aromatic heterocycles. The van der Waals surface area contributed by atoms with Gasteiger partial charge in [0.15, 0.2) is 0 Å². The molecule has 118 valence electrons. The van der Waals surface area contributed by atoms with Gasteiger partial charge in [-0.05, 0) is 19.9 Å². The molecule has 0 unspecified atom stereocenters. The molecule has 2 aromatic rings. The minimum atomic E-state index is -0.510. The number of hydrogen-bond acceptors (Lipinski definition) is 5. The highest BCUT2D eigenvalue weighted by Gasteiger charge is 2.18. The Kier molecular flexibility index (Phi) is 4.54. The summed E-state index contributed by atoms with van der Waals surface area (Å²) in [6.45, 7) is 4.64. The van der Waals surface area contributed by atoms with Crippen LogP contribution in [0.2, 0.25) is 0 Å². The van der Waals surface area contributed by atoms with Crippen molar-refractivity contribution in [3.05, 3.63) is 40.0 Å². The molecule has 0 spiro atoms. The summed E-state index contributed by atoms with van der Waals surface area (Å²) in [6.07, 6.45) is 3.13. The average Bonchev–Trinajstić information content (AvgIpc) is 3.05. The Morgan fingerprint density at radius 3 is 2.68 bits per heavy atom. The van der Waals surface area contributed by atoms with Crippen molar-refractivity contribution < 1.29 is 9.72 Å². The summed E-state index contributed by atoms with van der Waals surface area (Å²) in [6, 6.07) is 1.86. The van der Waals surface area contributed by atoms with Crippen molar-refractivity contribution in [1.29, 1.82) is 0 Å². The third-order valence-electron chi connectivity index (χ3n) is 3.26. The topological polar surface area (TPSA) is 99.1 Å². The first-order chi connectivity index (χ1) is 10.4. The lowest BCUT2D eigenvalue weighted by Gasteiger charge is -2.15. The Balaban J connectivity index is 1.99. The Morgan fingerprint density at radius 1 is 1.41 bits per heavy atom. The van der Waals surface area contributed by atoms with E-state index in [1.165, 1.54) is 15.8 Å². The maximum absolute atomic E-state index is 12.1. The Labute approximate surface area is 127 Å². The molecule has 0 bridgehead atoms. The lowest BCUT2D eigenvalue weighted by atomic mass is 10.4. The van der Waals surface area contributed by atoms with E-state index in [2.05, 4.69) is 10.2 Å². The van der Waals surface area contributed by atoms with E-state index in [1.54, 1.807) is 18.7 Å². The van der Waals surface area contributed by atoms with Crippen LogP contribution in [0.15, 0.2) is 18.5 Å². The van der Waals surface area contributed by atoms with Crippen LogP contribution < -0.4 is 0 Å². The summed E-state index contributed by atoms with van der Waals surface area (Å²) in [5.74, 6) is -0.191. The van der Waals surface area contributed by atoms with E-state index < -0.39 is 4.92 Å². The van der Waals surface area contributed by atoms with Gasteiger partial charge in [-0.15, -0.1) is 0 Å². The monoisotopic (exact) mass is 306 g/mol. The number of rotatable bonds is 6. The number of likely N-dealkylation sites (N-methyl/N-ethyl adjacent to an activating group) is 1. The second-order valence-corrected chi connectivity index (χ2v) is 4.97. The van der Waals surface area contributed by atoms with Gasteiger partial charge in [-0.1, -0.05) is 0 Å². The number of amides is 1. The predicted molar refractivity (Wildman–Crippen MR) is 78.0 cm³/mol. The zero-order valence-corrected chi connectivity index (χ0v) is 12.8. The maximum atomic E-state index is 12.1. The maximum Gasteiger partial charge on any atom is 0.309 e. The van der Waals surface area contributed by atoms with Gasteiger partial charge in [-0.2, -0.15) is 10.2 Å². The summed E-state index contributed by atoms with van der Waals surface area (Å²) < 4.78 is 3.07. The molecular weight excluding hydrogens is 288 g/mol. The van der Waals surface area contributed by atoms with Crippen molar-refractivity contribution in [2.24, 2.45) is 0 Å². The van der Waals surface area contributed by atoms with Gasteiger partial charge in [0.1, 0.15) is 18.4 Å². The molecule has 1 amide bonds. The lowest BCUT2D eigenvalue weighted by Crippen LogP contribution is -2.30. The smallest absolute Gasteiger partial charge is 0.309 e. The van der Waals surface area contributed by atoms with Crippen LogP contribution >= 0.6 is 0 Å². The van der Waals surface area contributed by atoms with Crippen LogP contribution in [0.25, 0.3) is 0 Å². The summed E-state index contributed by atoms with van der Waals surface area (Å²) in [5, 5.41) is 19.1. The number of aromatic nitrogens is 4. The molecule has 0 aromatic carbocycles. The average molecular weight is 306 g/mol. The number of hydrogen-bond donors (Lipinski definition) is 0. The minimum absolute atomic E-state index is 0.0420. The van der Waals surface area contributed by atoms with Crippen LogP contribution in [-0.4, -0.2) is 42.3 Å². The highest BCUT2D eigenvalue weighted by molar-refractivity contribution is 5.75. The lowest BCUT2D eigenvalue weighted by molar-refractivity contribution is -0.385. The van der Waals surface area contributed by atoms with E-state index in [4.69, 9.17) is 0 Å². The van der Waals surface area contributed by atoms with E-state index in [1.807, 2.05) is 19.2 Å². The van der Waals surface area contributed by atoms with Crippen LogP contribution in [0.3, 0.4) is 0 Å². The highest BCUT2D eigenvalue weighted by Crippen LogP contribution is 2.15. The fourth-order valence-corrected chi connectivity index (χ4v) is 2.02. The van der Waals surface area contributed by atoms with E-state index in [9.17, 15) is 14.9 Å². The molecule has 0 aliphatic carbocycles. The van der Waals surface area contributed by atoms with Gasteiger partial charge < -0.3 is 4.90 Å². The third-order valence-corrected chi connectivity index (χ3v) is 3.26. The van der Waals surface area contributed by atoms with Crippen molar-refractivity contribution in [2.45, 2.75) is 33.5 Å². The number of nitro groups is 1. The third kappa shape index (κ3) is 3.48. The van der Waals surface area contributed by atoms with Gasteiger partial charge in [-0.3, -0.25) is 24.3 Å². The molecule has 2 heterocycles. The molecule has 0 aliphatic heterocycles. The normalized spacial score (nSPS) is 10.7. The van der Waals surface area contributed by atoms with E-state index >= 15 is 0 Å². The van der Waals surface area contributed by atoms with E-state index in [0.717, 1.165) is 12.2 Å². The van der Waals surface area contributed by atoms with Crippen LogP contribution in [0.1, 0.15) is 18.3 Å². The second-order valence-electron chi connectivity index (χ2n) is 4.97. The predicted octanol–water partition coefficient (Wildman–Crippen LogP) is 0.975. The van der Waals surface area contributed by atoms with Crippen molar-refractivity contribution in [2.75, 3.05) is 7.05 Å². The Morgan fingerprint density at radius 2 is 2.14 bits per heavy atom. The molecule has 0 radical (unpaired) electrons. The first-order valence-corrected chi connectivity index (χ1v) is 6.85. The SMILES string of the molecule is CCn1ccc(CN(C)C(=O)Cn2cc([N+](=O)[O-])c(C)n2)n1. The largest absolute Gasteiger partial charge is 0.338 e. The van der Waals surface area contributed by atoms with Gasteiger partial charge in [0, 0.05) is 19.8 Å². The standard InChI is InChI=1S/C13H18N6O3/c1-4-17-6-5-11(15-17)7-16(3)13(20)9-18-8-12(19(21)22)10(2)14-18/h5-6,8H,4,7,9H2,1-3H3. The van der Waals surface area contributed by atoms with Gasteiger partial charge >= 0.3 is 5.69 Å². The van der Waals surface area contributed by atoms with Crippen LogP contribution in [0.5, 0.6) is 0 Å². The Hall–Kier alpha value is -2.71. The van der Waals surface area contributed by atoms with Gasteiger partial charge in [-0.25, -0.2) is 0 Å². The first-order valence-electron chi connectivity index (χ1n) is 6.85. The number of carbonyl (C=O) groups is 1. The van der Waals surface area contributed by atoms with Crippen LogP contribution in [0.4, 0.5) is 5.69 Å². The van der Waals surface area contributed by atoms with Crippen molar-refractivity contribution in [3.8, 4) is 0 Å². The molecule has 0 saturated heterocycles. The number of carbonyl (C=O) groups excluding carboxylic acids is 1. The molecule has 2 rings (SSSR count). The summed E-state index contributed by atoms with van der Waals surface area (Å²) >= 11 is 0.